The minimum absolute atomic E-state index is 0.265. The molecule has 1 nitrogen and oxygen atoms in total. The molecule has 0 fully saturated rings. The summed E-state index contributed by atoms with van der Waals surface area (Å²) in [5.41, 5.74) is 0.522. The fourth-order valence-corrected chi connectivity index (χ4v) is 1.10. The van der Waals surface area contributed by atoms with E-state index in [0.717, 1.165) is 0 Å². The van der Waals surface area contributed by atoms with Gasteiger partial charge in [0.2, 0.25) is 0 Å². The van der Waals surface area contributed by atoms with Crippen molar-refractivity contribution in [2.24, 2.45) is 0 Å². The number of hydrogen-bond acceptors (Lipinski definition) is 2. The third-order valence-corrected chi connectivity index (χ3v) is 1.83. The van der Waals surface area contributed by atoms with E-state index >= 15 is 0 Å². The van der Waals surface area contributed by atoms with E-state index in [2.05, 4.69) is 12.6 Å². The van der Waals surface area contributed by atoms with E-state index in [1.807, 2.05) is 0 Å². The third kappa shape index (κ3) is 2.49. The Bertz CT molecular complexity index is 310. The molecule has 0 amide bonds. The largest absolute Gasteiger partial charge is 0.494 e. The molecule has 0 bridgehead atoms. The maximum Gasteiger partial charge on any atom is 0.172 e. The number of ether oxygens (including phenoxy) is 1. The van der Waals surface area contributed by atoms with E-state index in [-0.39, 0.29) is 11.6 Å². The van der Waals surface area contributed by atoms with Crippen LogP contribution in [-0.2, 0) is 0 Å². The summed E-state index contributed by atoms with van der Waals surface area (Å²) in [5, 5.41) is 0. The van der Waals surface area contributed by atoms with Gasteiger partial charge in [0.15, 0.2) is 11.6 Å². The highest BCUT2D eigenvalue weighted by Crippen LogP contribution is 2.20. The minimum Gasteiger partial charge on any atom is -0.494 e. The maximum atomic E-state index is 13.4. The molecule has 1 aromatic rings. The fraction of sp³-hybridized carbons (Fsp3) is 0.200. The van der Waals surface area contributed by atoms with E-state index in [4.69, 9.17) is 4.74 Å². The molecule has 0 heterocycles. The van der Waals surface area contributed by atoms with Crippen molar-refractivity contribution in [3.63, 3.8) is 0 Å². The summed E-state index contributed by atoms with van der Waals surface area (Å²) in [6, 6.07) is 5.03. The molecule has 0 aliphatic heterocycles. The van der Waals surface area contributed by atoms with Crippen LogP contribution in [0.25, 0.3) is 6.08 Å². The normalized spacial score (nSPS) is 10.7. The van der Waals surface area contributed by atoms with Gasteiger partial charge in [-0.15, -0.1) is 0 Å². The lowest BCUT2D eigenvalue weighted by atomic mass is 10.2. The van der Waals surface area contributed by atoms with E-state index in [1.54, 1.807) is 30.4 Å². The predicted molar refractivity (Wildman–Crippen MR) is 55.8 cm³/mol. The van der Waals surface area contributed by atoms with Crippen LogP contribution < -0.4 is 4.74 Å². The molecule has 0 atom stereocenters. The van der Waals surface area contributed by atoms with Crippen LogP contribution in [0.3, 0.4) is 0 Å². The lowest BCUT2D eigenvalue weighted by molar-refractivity contribution is 0.386. The van der Waals surface area contributed by atoms with Crippen molar-refractivity contribution in [2.45, 2.75) is 0 Å². The van der Waals surface area contributed by atoms with Crippen LogP contribution >= 0.6 is 12.6 Å². The zero-order valence-electron chi connectivity index (χ0n) is 7.33. The molecule has 3 heteroatoms. The number of thiol groups is 1. The van der Waals surface area contributed by atoms with Crippen LogP contribution in [-0.4, -0.2) is 12.9 Å². The first kappa shape index (κ1) is 10.1. The first-order chi connectivity index (χ1) is 6.29. The standard InChI is InChI=1S/C10H11FOS/c1-12-9-6-2-4-8(10(9)11)5-3-7-13/h2-6,13H,7H2,1H3. The van der Waals surface area contributed by atoms with E-state index in [1.165, 1.54) is 7.11 Å². The molecule has 0 saturated heterocycles. The molecule has 1 aromatic carbocycles. The zero-order valence-corrected chi connectivity index (χ0v) is 8.22. The summed E-state index contributed by atoms with van der Waals surface area (Å²) in [6.07, 6.45) is 3.46. The Morgan fingerprint density at radius 2 is 2.31 bits per heavy atom. The van der Waals surface area contributed by atoms with Gasteiger partial charge >= 0.3 is 0 Å². The van der Waals surface area contributed by atoms with Gasteiger partial charge in [0.25, 0.3) is 0 Å². The summed E-state index contributed by atoms with van der Waals surface area (Å²) in [4.78, 5) is 0. The van der Waals surface area contributed by atoms with E-state index < -0.39 is 0 Å². The first-order valence-corrected chi connectivity index (χ1v) is 4.52. The smallest absolute Gasteiger partial charge is 0.172 e. The Labute approximate surface area is 82.6 Å². The summed E-state index contributed by atoms with van der Waals surface area (Å²) < 4.78 is 18.2. The highest BCUT2D eigenvalue weighted by Gasteiger charge is 2.04. The molecular formula is C10H11FOS. The maximum absolute atomic E-state index is 13.4. The van der Waals surface area contributed by atoms with Gasteiger partial charge < -0.3 is 4.74 Å². The Kier molecular flexibility index (Phi) is 3.83. The molecule has 0 saturated carbocycles. The summed E-state index contributed by atoms with van der Waals surface area (Å²) in [7, 11) is 1.45. The average Bonchev–Trinajstić information content (AvgIpc) is 2.16. The highest BCUT2D eigenvalue weighted by molar-refractivity contribution is 7.80. The Morgan fingerprint density at radius 3 is 2.92 bits per heavy atom. The van der Waals surface area contributed by atoms with Crippen LogP contribution in [0.1, 0.15) is 5.56 Å². The Balaban J connectivity index is 3.01. The molecule has 70 valence electrons. The van der Waals surface area contributed by atoms with Crippen LogP contribution in [0.5, 0.6) is 5.75 Å². The van der Waals surface area contributed by atoms with Crippen molar-refractivity contribution in [3.8, 4) is 5.75 Å². The lowest BCUT2D eigenvalue weighted by Crippen LogP contribution is -1.90. The SMILES string of the molecule is COc1cccc(C=CCS)c1F. The van der Waals surface area contributed by atoms with Crippen LogP contribution in [0.15, 0.2) is 24.3 Å². The van der Waals surface area contributed by atoms with Gasteiger partial charge in [-0.2, -0.15) is 12.6 Å². The first-order valence-electron chi connectivity index (χ1n) is 3.89. The van der Waals surface area contributed by atoms with Crippen LogP contribution in [0, 0.1) is 5.82 Å². The van der Waals surface area contributed by atoms with Gasteiger partial charge in [-0.05, 0) is 6.07 Å². The van der Waals surface area contributed by atoms with Gasteiger partial charge in [-0.3, -0.25) is 0 Å². The molecule has 0 spiro atoms. The van der Waals surface area contributed by atoms with Gasteiger partial charge in [-0.25, -0.2) is 4.39 Å². The molecule has 0 radical (unpaired) electrons. The second kappa shape index (κ2) is 4.92. The molecule has 13 heavy (non-hydrogen) atoms. The molecule has 0 aromatic heterocycles. The van der Waals surface area contributed by atoms with Gasteiger partial charge in [-0.1, -0.05) is 24.3 Å². The van der Waals surface area contributed by atoms with Crippen molar-refractivity contribution in [2.75, 3.05) is 12.9 Å². The number of benzene rings is 1. The Hall–Kier alpha value is -0.960. The molecule has 0 aliphatic rings. The van der Waals surface area contributed by atoms with Gasteiger partial charge in [0.1, 0.15) is 0 Å². The Morgan fingerprint density at radius 1 is 1.54 bits per heavy atom. The molecule has 0 N–H and O–H groups in total. The highest BCUT2D eigenvalue weighted by atomic mass is 32.1. The summed E-state index contributed by atoms with van der Waals surface area (Å²) in [5.74, 6) is 0.528. The summed E-state index contributed by atoms with van der Waals surface area (Å²) in [6.45, 7) is 0. The molecular weight excluding hydrogens is 187 g/mol. The van der Waals surface area contributed by atoms with E-state index in [9.17, 15) is 4.39 Å². The van der Waals surface area contributed by atoms with Crippen LogP contribution in [0.2, 0.25) is 0 Å². The number of methoxy groups -OCH3 is 1. The minimum atomic E-state index is -0.331. The van der Waals surface area contributed by atoms with Crippen molar-refractivity contribution in [1.82, 2.24) is 0 Å². The monoisotopic (exact) mass is 198 g/mol. The number of rotatable bonds is 3. The zero-order chi connectivity index (χ0) is 9.68. The predicted octanol–water partition coefficient (Wildman–Crippen LogP) is 2.78. The second-order valence-electron chi connectivity index (χ2n) is 2.45. The van der Waals surface area contributed by atoms with Gasteiger partial charge in [0.05, 0.1) is 7.11 Å². The van der Waals surface area contributed by atoms with Crippen molar-refractivity contribution < 1.29 is 9.13 Å². The molecule has 0 unspecified atom stereocenters. The average molecular weight is 198 g/mol. The van der Waals surface area contributed by atoms with Crippen molar-refractivity contribution >= 4 is 18.7 Å². The van der Waals surface area contributed by atoms with Crippen LogP contribution in [0.4, 0.5) is 4.39 Å². The lowest BCUT2D eigenvalue weighted by Gasteiger charge is -2.03. The second-order valence-corrected chi connectivity index (χ2v) is 2.81. The topological polar surface area (TPSA) is 9.23 Å². The third-order valence-electron chi connectivity index (χ3n) is 1.62. The number of halogens is 1. The van der Waals surface area contributed by atoms with Gasteiger partial charge in [0, 0.05) is 11.3 Å². The number of hydrogen-bond donors (Lipinski definition) is 1. The quantitative estimate of drug-likeness (QED) is 0.735. The summed E-state index contributed by atoms with van der Waals surface area (Å²) >= 11 is 3.99. The van der Waals surface area contributed by atoms with Crippen molar-refractivity contribution in [3.05, 3.63) is 35.7 Å². The van der Waals surface area contributed by atoms with Crippen molar-refractivity contribution in [1.29, 1.82) is 0 Å². The molecule has 1 rings (SSSR count). The van der Waals surface area contributed by atoms with E-state index in [0.29, 0.717) is 11.3 Å². The fourth-order valence-electron chi connectivity index (χ4n) is 0.994. The molecule has 0 aliphatic carbocycles.